The second-order valence-electron chi connectivity index (χ2n) is 8.44. The number of hydrogen-bond donors (Lipinski definition) is 1. The third-order valence-electron chi connectivity index (χ3n) is 5.42. The van der Waals surface area contributed by atoms with E-state index < -0.39 is 18.0 Å². The van der Waals surface area contributed by atoms with Crippen molar-refractivity contribution >= 4 is 11.9 Å². The maximum atomic E-state index is 12.7. The summed E-state index contributed by atoms with van der Waals surface area (Å²) >= 11 is 0. The van der Waals surface area contributed by atoms with Crippen LogP contribution in [-0.2, 0) is 17.6 Å². The minimum Gasteiger partial charge on any atom is -0.497 e. The van der Waals surface area contributed by atoms with Gasteiger partial charge >= 0.3 is 11.9 Å². The Morgan fingerprint density at radius 2 is 1.63 bits per heavy atom. The number of nitrogens with zero attached hydrogens (tertiary/aromatic N) is 1. The van der Waals surface area contributed by atoms with Crippen LogP contribution < -0.4 is 9.47 Å². The van der Waals surface area contributed by atoms with Crippen molar-refractivity contribution in [3.8, 4) is 11.5 Å². The summed E-state index contributed by atoms with van der Waals surface area (Å²) in [6.07, 6.45) is 1.11. The number of aryl methyl sites for hydroxylation is 2. The molecule has 0 saturated carbocycles. The molecular formula is C28H31NO6. The van der Waals surface area contributed by atoms with Gasteiger partial charge in [-0.3, -0.25) is 0 Å². The number of esters is 1. The second kappa shape index (κ2) is 12.6. The molecule has 35 heavy (non-hydrogen) atoms. The van der Waals surface area contributed by atoms with Crippen molar-refractivity contribution in [1.82, 2.24) is 4.90 Å². The summed E-state index contributed by atoms with van der Waals surface area (Å²) in [5.74, 6) is 0.0107. The summed E-state index contributed by atoms with van der Waals surface area (Å²) < 4.78 is 17.1. The highest BCUT2D eigenvalue weighted by Crippen LogP contribution is 2.22. The molecule has 0 saturated heterocycles. The van der Waals surface area contributed by atoms with E-state index in [0.29, 0.717) is 6.54 Å². The Bertz CT molecular complexity index is 1130. The maximum absolute atomic E-state index is 12.7. The summed E-state index contributed by atoms with van der Waals surface area (Å²) in [6.45, 7) is 0.665. The zero-order chi connectivity index (χ0) is 25.2. The molecule has 0 heterocycles. The van der Waals surface area contributed by atoms with E-state index in [0.717, 1.165) is 29.9 Å². The number of para-hydroxylation sites is 1. The first-order chi connectivity index (χ1) is 16.9. The summed E-state index contributed by atoms with van der Waals surface area (Å²) in [4.78, 5) is 25.6. The molecule has 0 amide bonds. The molecule has 0 aliphatic carbocycles. The van der Waals surface area contributed by atoms with Crippen LogP contribution in [0.2, 0.25) is 0 Å². The Morgan fingerprint density at radius 1 is 0.914 bits per heavy atom. The van der Waals surface area contributed by atoms with Crippen molar-refractivity contribution in [3.05, 3.63) is 95.1 Å². The molecule has 0 unspecified atom stereocenters. The number of aromatic carboxylic acids is 1. The molecular weight excluding hydrogens is 446 g/mol. The van der Waals surface area contributed by atoms with Gasteiger partial charge in [0, 0.05) is 6.54 Å². The van der Waals surface area contributed by atoms with Crippen LogP contribution in [0.15, 0.2) is 72.8 Å². The number of carboxylic acid groups (broad SMARTS) is 1. The van der Waals surface area contributed by atoms with Crippen molar-refractivity contribution in [2.75, 3.05) is 34.4 Å². The van der Waals surface area contributed by atoms with Gasteiger partial charge in [-0.25, -0.2) is 9.59 Å². The van der Waals surface area contributed by atoms with Crippen LogP contribution >= 0.6 is 0 Å². The molecule has 0 radical (unpaired) electrons. The molecule has 184 valence electrons. The van der Waals surface area contributed by atoms with Gasteiger partial charge in [0.25, 0.3) is 0 Å². The molecule has 0 aliphatic heterocycles. The van der Waals surface area contributed by atoms with E-state index in [-0.39, 0.29) is 17.7 Å². The lowest BCUT2D eigenvalue weighted by molar-refractivity contribution is 0.0102. The summed E-state index contributed by atoms with van der Waals surface area (Å²) in [5, 5.41) is 9.04. The van der Waals surface area contributed by atoms with E-state index >= 15 is 0 Å². The normalized spacial score (nSPS) is 11.7. The van der Waals surface area contributed by atoms with Crippen LogP contribution in [0, 0.1) is 0 Å². The first kappa shape index (κ1) is 25.8. The Hall–Kier alpha value is -3.84. The molecule has 3 aromatic rings. The summed E-state index contributed by atoms with van der Waals surface area (Å²) in [7, 11) is 5.44. The number of benzene rings is 3. The smallest absolute Gasteiger partial charge is 0.338 e. The molecule has 3 rings (SSSR count). The lowest BCUT2D eigenvalue weighted by Gasteiger charge is -2.22. The summed E-state index contributed by atoms with van der Waals surface area (Å²) in [6, 6.07) is 21.5. The first-order valence-corrected chi connectivity index (χ1v) is 11.4. The van der Waals surface area contributed by atoms with Crippen molar-refractivity contribution in [2.24, 2.45) is 0 Å². The van der Waals surface area contributed by atoms with Crippen molar-refractivity contribution in [1.29, 1.82) is 0 Å². The van der Waals surface area contributed by atoms with E-state index in [2.05, 4.69) is 6.07 Å². The van der Waals surface area contributed by atoms with E-state index in [1.54, 1.807) is 7.11 Å². The highest BCUT2D eigenvalue weighted by atomic mass is 16.6. The summed E-state index contributed by atoms with van der Waals surface area (Å²) in [5.41, 5.74) is 2.64. The van der Waals surface area contributed by atoms with E-state index in [4.69, 9.17) is 19.3 Å². The topological polar surface area (TPSA) is 85.3 Å². The van der Waals surface area contributed by atoms with Crippen LogP contribution in [0.25, 0.3) is 0 Å². The van der Waals surface area contributed by atoms with Crippen LogP contribution in [0.4, 0.5) is 0 Å². The number of methoxy groups -OCH3 is 1. The predicted octanol–water partition coefficient (Wildman–Crippen LogP) is 4.34. The van der Waals surface area contributed by atoms with Crippen molar-refractivity contribution in [3.63, 3.8) is 0 Å². The number of carboxylic acids is 1. The largest absolute Gasteiger partial charge is 0.497 e. The quantitative estimate of drug-likeness (QED) is 0.388. The number of rotatable bonds is 12. The zero-order valence-electron chi connectivity index (χ0n) is 20.3. The Balaban J connectivity index is 1.64. The van der Waals surface area contributed by atoms with Gasteiger partial charge in [0.1, 0.15) is 24.2 Å². The van der Waals surface area contributed by atoms with Crippen molar-refractivity contribution in [2.45, 2.75) is 18.9 Å². The zero-order valence-corrected chi connectivity index (χ0v) is 20.3. The van der Waals surface area contributed by atoms with Gasteiger partial charge in [0.05, 0.1) is 18.2 Å². The molecule has 7 heteroatoms. The molecule has 1 atom stereocenters. The average Bonchev–Trinajstić information content (AvgIpc) is 2.86. The third kappa shape index (κ3) is 7.86. The predicted molar refractivity (Wildman–Crippen MR) is 133 cm³/mol. The monoisotopic (exact) mass is 477 g/mol. The van der Waals surface area contributed by atoms with E-state index in [9.17, 15) is 9.59 Å². The van der Waals surface area contributed by atoms with Gasteiger partial charge in [-0.15, -0.1) is 0 Å². The fourth-order valence-corrected chi connectivity index (χ4v) is 3.64. The molecule has 7 nitrogen and oxygen atoms in total. The highest BCUT2D eigenvalue weighted by Gasteiger charge is 2.19. The Kier molecular flexibility index (Phi) is 9.26. The molecule has 1 N–H and O–H groups in total. The second-order valence-corrected chi connectivity index (χ2v) is 8.44. The number of ether oxygens (including phenoxy) is 3. The van der Waals surface area contributed by atoms with Gasteiger partial charge in [0.15, 0.2) is 0 Å². The van der Waals surface area contributed by atoms with E-state index in [1.807, 2.05) is 61.5 Å². The number of likely N-dealkylation sites (N-methyl/N-ethyl adjacent to an activating group) is 1. The molecule has 0 spiro atoms. The molecule has 0 fully saturated rings. The van der Waals surface area contributed by atoms with Gasteiger partial charge in [-0.1, -0.05) is 30.3 Å². The van der Waals surface area contributed by atoms with Crippen molar-refractivity contribution < 1.29 is 28.9 Å². The minimum atomic E-state index is -1.05. The highest BCUT2D eigenvalue weighted by molar-refractivity contribution is 5.92. The standard InChI is InChI=1S/C28H31NO6/c1-29(2)18-25(35-28(32)23-15-13-22(14-16-23)27(30)31)19-34-26-10-5-4-8-21(26)12-11-20-7-6-9-24(17-20)33-3/h4-10,13-17,25H,11-12,18-19H2,1-3H3,(H,30,31)/t25-/m1/s1. The molecule has 0 aliphatic rings. The van der Waals surface area contributed by atoms with Crippen LogP contribution in [0.1, 0.15) is 31.8 Å². The molecule has 3 aromatic carbocycles. The van der Waals surface area contributed by atoms with Gasteiger partial charge in [0.2, 0.25) is 0 Å². The van der Waals surface area contributed by atoms with Gasteiger partial charge in [-0.05, 0) is 80.5 Å². The maximum Gasteiger partial charge on any atom is 0.338 e. The fraction of sp³-hybridized carbons (Fsp3) is 0.286. The van der Waals surface area contributed by atoms with Crippen LogP contribution in [0.3, 0.4) is 0 Å². The number of carbonyl (C=O) groups is 2. The number of hydrogen-bond acceptors (Lipinski definition) is 6. The fourth-order valence-electron chi connectivity index (χ4n) is 3.64. The third-order valence-corrected chi connectivity index (χ3v) is 5.42. The molecule has 0 bridgehead atoms. The average molecular weight is 478 g/mol. The minimum absolute atomic E-state index is 0.111. The van der Waals surface area contributed by atoms with E-state index in [1.165, 1.54) is 29.8 Å². The Labute approximate surface area is 205 Å². The SMILES string of the molecule is COc1cccc(CCc2ccccc2OC[C@@H](CN(C)C)OC(=O)c2ccc(C(=O)O)cc2)c1. The lowest BCUT2D eigenvalue weighted by atomic mass is 10.0. The number of carbonyl (C=O) groups excluding carboxylic acids is 1. The van der Waals surface area contributed by atoms with Gasteiger partial charge in [-0.2, -0.15) is 0 Å². The molecule has 0 aromatic heterocycles. The Morgan fingerprint density at radius 3 is 2.31 bits per heavy atom. The first-order valence-electron chi connectivity index (χ1n) is 11.4. The van der Waals surface area contributed by atoms with Crippen LogP contribution in [0.5, 0.6) is 11.5 Å². The lowest BCUT2D eigenvalue weighted by Crippen LogP contribution is -2.35. The van der Waals surface area contributed by atoms with Gasteiger partial charge < -0.3 is 24.2 Å². The van der Waals surface area contributed by atoms with Crippen LogP contribution in [-0.4, -0.2) is 62.4 Å².